The smallest absolute Gasteiger partial charge is 0.279 e. The lowest BCUT2D eigenvalue weighted by Crippen LogP contribution is -3.11. The van der Waals surface area contributed by atoms with Gasteiger partial charge in [0, 0.05) is 19.0 Å². The summed E-state index contributed by atoms with van der Waals surface area (Å²) in [6.45, 7) is 1.39. The van der Waals surface area contributed by atoms with E-state index in [9.17, 15) is 4.79 Å². The van der Waals surface area contributed by atoms with Gasteiger partial charge in [-0.25, -0.2) is 9.97 Å². The van der Waals surface area contributed by atoms with Gasteiger partial charge in [-0.2, -0.15) is 0 Å². The van der Waals surface area contributed by atoms with Gasteiger partial charge in [0.15, 0.2) is 16.7 Å². The standard InChI is InChI=1S/C18H17ClN4OS/c19-17-13(6-3-9-20-17)21-16(24)11-23-10-4-7-14(23)18-22-12-5-1-2-8-15(12)25-18/h1-3,5-6,8-9,14H,4,7,10-11H2,(H,21,24)/p+1/t14-/m1/s1. The summed E-state index contributed by atoms with van der Waals surface area (Å²) in [4.78, 5) is 22.5. The molecule has 0 spiro atoms. The second kappa shape index (κ2) is 7.07. The van der Waals surface area contributed by atoms with Crippen LogP contribution < -0.4 is 10.2 Å². The van der Waals surface area contributed by atoms with E-state index in [0.717, 1.165) is 29.9 Å². The highest BCUT2D eigenvalue weighted by atomic mass is 35.5. The van der Waals surface area contributed by atoms with Crippen molar-refractivity contribution in [1.82, 2.24) is 9.97 Å². The number of anilines is 1. The number of pyridine rings is 1. The molecule has 1 unspecified atom stereocenters. The number of halogens is 1. The van der Waals surface area contributed by atoms with Crippen LogP contribution in [0.2, 0.25) is 5.15 Å². The van der Waals surface area contributed by atoms with Crippen LogP contribution in [0, 0.1) is 0 Å². The highest BCUT2D eigenvalue weighted by Gasteiger charge is 2.34. The minimum Gasteiger partial charge on any atom is -0.319 e. The molecule has 3 aromatic rings. The van der Waals surface area contributed by atoms with Crippen LogP contribution in [0.25, 0.3) is 10.2 Å². The Hall–Kier alpha value is -2.02. The van der Waals surface area contributed by atoms with Crippen molar-refractivity contribution in [3.05, 3.63) is 52.8 Å². The summed E-state index contributed by atoms with van der Waals surface area (Å²) < 4.78 is 1.20. The van der Waals surface area contributed by atoms with Gasteiger partial charge < -0.3 is 10.2 Å². The van der Waals surface area contributed by atoms with Crippen molar-refractivity contribution in [1.29, 1.82) is 0 Å². The van der Waals surface area contributed by atoms with Gasteiger partial charge in [-0.15, -0.1) is 11.3 Å². The van der Waals surface area contributed by atoms with E-state index in [1.807, 2.05) is 18.2 Å². The Balaban J connectivity index is 1.48. The highest BCUT2D eigenvalue weighted by molar-refractivity contribution is 7.18. The average Bonchev–Trinajstić information content (AvgIpc) is 3.23. The maximum atomic E-state index is 12.4. The van der Waals surface area contributed by atoms with E-state index in [1.54, 1.807) is 29.7 Å². The van der Waals surface area contributed by atoms with Crippen LogP contribution >= 0.6 is 22.9 Å². The number of benzene rings is 1. The first-order valence-electron chi connectivity index (χ1n) is 8.31. The van der Waals surface area contributed by atoms with Crippen molar-refractivity contribution in [3.8, 4) is 0 Å². The van der Waals surface area contributed by atoms with Gasteiger partial charge in [-0.05, 0) is 24.3 Å². The fraction of sp³-hybridized carbons (Fsp3) is 0.278. The molecule has 1 aliphatic heterocycles. The topological polar surface area (TPSA) is 59.3 Å². The predicted octanol–water partition coefficient (Wildman–Crippen LogP) is 2.70. The summed E-state index contributed by atoms with van der Waals surface area (Å²) in [6.07, 6.45) is 3.78. The zero-order valence-electron chi connectivity index (χ0n) is 13.5. The molecule has 4 rings (SSSR count). The fourth-order valence-corrected chi connectivity index (χ4v) is 4.67. The number of amides is 1. The van der Waals surface area contributed by atoms with Gasteiger partial charge >= 0.3 is 0 Å². The van der Waals surface area contributed by atoms with E-state index in [-0.39, 0.29) is 11.9 Å². The molecule has 1 aromatic carbocycles. The van der Waals surface area contributed by atoms with Crippen molar-refractivity contribution >= 4 is 44.7 Å². The van der Waals surface area contributed by atoms with E-state index in [0.29, 0.717) is 17.4 Å². The number of nitrogens with zero attached hydrogens (tertiary/aromatic N) is 2. The molecular formula is C18H18ClN4OS+. The SMILES string of the molecule is O=C(C[NH+]1CCC[C@@H]1c1nc2ccccc2s1)Nc1cccnc1Cl. The maximum absolute atomic E-state index is 12.4. The van der Waals surface area contributed by atoms with E-state index in [1.165, 1.54) is 9.60 Å². The third-order valence-electron chi connectivity index (χ3n) is 4.51. The Morgan fingerprint density at radius 3 is 3.04 bits per heavy atom. The van der Waals surface area contributed by atoms with Crippen LogP contribution in [-0.4, -0.2) is 29.0 Å². The van der Waals surface area contributed by atoms with Crippen LogP contribution in [0.3, 0.4) is 0 Å². The Kier molecular flexibility index (Phi) is 4.65. The third-order valence-corrected chi connectivity index (χ3v) is 5.96. The minimum absolute atomic E-state index is 0.0436. The number of aromatic nitrogens is 2. The van der Waals surface area contributed by atoms with Gasteiger partial charge in [0.25, 0.3) is 5.91 Å². The number of carbonyl (C=O) groups is 1. The number of likely N-dealkylation sites (tertiary alicyclic amines) is 1. The van der Waals surface area contributed by atoms with Crippen molar-refractivity contribution < 1.29 is 9.69 Å². The van der Waals surface area contributed by atoms with Crippen LogP contribution in [-0.2, 0) is 4.79 Å². The summed E-state index contributed by atoms with van der Waals surface area (Å²) in [5.41, 5.74) is 1.60. The molecular weight excluding hydrogens is 356 g/mol. The molecule has 0 radical (unpaired) electrons. The second-order valence-electron chi connectivity index (χ2n) is 6.19. The van der Waals surface area contributed by atoms with Crippen LogP contribution in [0.1, 0.15) is 23.9 Å². The molecule has 1 fully saturated rings. The summed E-state index contributed by atoms with van der Waals surface area (Å²) in [5, 5.41) is 4.31. The first kappa shape index (κ1) is 16.4. The molecule has 1 aliphatic rings. The van der Waals surface area contributed by atoms with Crippen molar-refractivity contribution in [2.45, 2.75) is 18.9 Å². The summed E-state index contributed by atoms with van der Waals surface area (Å²) in [7, 11) is 0. The monoisotopic (exact) mass is 373 g/mol. The van der Waals surface area contributed by atoms with Crippen LogP contribution in [0.5, 0.6) is 0 Å². The van der Waals surface area contributed by atoms with Crippen molar-refractivity contribution in [3.63, 3.8) is 0 Å². The molecule has 1 amide bonds. The predicted molar refractivity (Wildman–Crippen MR) is 100 cm³/mol. The molecule has 0 saturated carbocycles. The van der Waals surface area contributed by atoms with Gasteiger partial charge in [0.05, 0.1) is 22.4 Å². The Morgan fingerprint density at radius 1 is 1.32 bits per heavy atom. The van der Waals surface area contributed by atoms with Gasteiger partial charge in [0.1, 0.15) is 6.04 Å². The molecule has 0 bridgehead atoms. The van der Waals surface area contributed by atoms with Crippen molar-refractivity contribution in [2.24, 2.45) is 0 Å². The average molecular weight is 374 g/mol. The number of para-hydroxylation sites is 1. The van der Waals surface area contributed by atoms with Crippen LogP contribution in [0.4, 0.5) is 5.69 Å². The molecule has 2 N–H and O–H groups in total. The molecule has 0 aliphatic carbocycles. The molecule has 2 atom stereocenters. The normalized spacial score (nSPS) is 20.0. The lowest BCUT2D eigenvalue weighted by molar-refractivity contribution is -0.910. The summed E-state index contributed by atoms with van der Waals surface area (Å²) >= 11 is 7.75. The van der Waals surface area contributed by atoms with Gasteiger partial charge in [-0.1, -0.05) is 23.7 Å². The van der Waals surface area contributed by atoms with E-state index >= 15 is 0 Å². The number of nitrogens with one attached hydrogen (secondary N) is 2. The number of hydrogen-bond acceptors (Lipinski definition) is 4. The summed E-state index contributed by atoms with van der Waals surface area (Å²) in [6, 6.07) is 12.0. The quantitative estimate of drug-likeness (QED) is 0.691. The minimum atomic E-state index is -0.0436. The number of quaternary nitrogens is 1. The molecule has 7 heteroatoms. The maximum Gasteiger partial charge on any atom is 0.279 e. The molecule has 2 aromatic heterocycles. The first-order valence-corrected chi connectivity index (χ1v) is 9.50. The fourth-order valence-electron chi connectivity index (χ4n) is 3.34. The van der Waals surface area contributed by atoms with Gasteiger partial charge in [0.2, 0.25) is 0 Å². The molecule has 5 nitrogen and oxygen atoms in total. The van der Waals surface area contributed by atoms with E-state index < -0.39 is 0 Å². The number of rotatable bonds is 4. The number of fused-ring (bicyclic) bond motifs is 1. The van der Waals surface area contributed by atoms with Gasteiger partial charge in [-0.3, -0.25) is 4.79 Å². The zero-order valence-corrected chi connectivity index (χ0v) is 15.1. The highest BCUT2D eigenvalue weighted by Crippen LogP contribution is 2.28. The lowest BCUT2D eigenvalue weighted by Gasteiger charge is -2.19. The van der Waals surface area contributed by atoms with Crippen LogP contribution in [0.15, 0.2) is 42.6 Å². The van der Waals surface area contributed by atoms with Crippen molar-refractivity contribution in [2.75, 3.05) is 18.4 Å². The lowest BCUT2D eigenvalue weighted by atomic mass is 10.2. The van der Waals surface area contributed by atoms with E-state index in [2.05, 4.69) is 16.4 Å². The Labute approximate surface area is 154 Å². The van der Waals surface area contributed by atoms with E-state index in [4.69, 9.17) is 16.6 Å². The molecule has 3 heterocycles. The number of carbonyl (C=O) groups excluding carboxylic acids is 1. The zero-order chi connectivity index (χ0) is 17.2. The second-order valence-corrected chi connectivity index (χ2v) is 7.61. The largest absolute Gasteiger partial charge is 0.319 e. The molecule has 1 saturated heterocycles. The Bertz CT molecular complexity index is 880. The first-order chi connectivity index (χ1) is 12.2. The number of hydrogen-bond donors (Lipinski definition) is 2. The summed E-state index contributed by atoms with van der Waals surface area (Å²) in [5.74, 6) is -0.0436. The Morgan fingerprint density at radius 2 is 2.20 bits per heavy atom. The molecule has 128 valence electrons. The number of thiazole rings is 1. The molecule has 25 heavy (non-hydrogen) atoms. The third kappa shape index (κ3) is 3.51.